The molecule has 19 heavy (non-hydrogen) atoms. The van der Waals surface area contributed by atoms with Gasteiger partial charge in [0.05, 0.1) is 12.6 Å². The lowest BCUT2D eigenvalue weighted by molar-refractivity contribution is 0.107. The second kappa shape index (κ2) is 6.04. The van der Waals surface area contributed by atoms with E-state index in [1.54, 1.807) is 20.2 Å². The van der Waals surface area contributed by atoms with Crippen molar-refractivity contribution in [2.24, 2.45) is 0 Å². The summed E-state index contributed by atoms with van der Waals surface area (Å²) in [6.07, 6.45) is 2.53. The number of hydrogen-bond acceptors (Lipinski definition) is 5. The standard InChI is InChI=1S/C12H20N2O4S/c1-13-8-11-5-6-12(18-11)19(15,16)14-9-3-4-10(7-9)17-2/h5-6,9-10,13-14H,3-4,7-8H2,1-2H3. The van der Waals surface area contributed by atoms with Crippen molar-refractivity contribution in [1.82, 2.24) is 10.0 Å². The van der Waals surface area contributed by atoms with Gasteiger partial charge >= 0.3 is 0 Å². The molecule has 0 aromatic carbocycles. The average molecular weight is 288 g/mol. The van der Waals surface area contributed by atoms with Crippen LogP contribution >= 0.6 is 0 Å². The zero-order valence-electron chi connectivity index (χ0n) is 11.2. The highest BCUT2D eigenvalue weighted by Gasteiger charge is 2.29. The Hall–Kier alpha value is -0.890. The zero-order chi connectivity index (χ0) is 13.9. The van der Waals surface area contributed by atoms with E-state index < -0.39 is 10.0 Å². The molecule has 108 valence electrons. The maximum atomic E-state index is 12.1. The maximum absolute atomic E-state index is 12.1. The van der Waals surface area contributed by atoms with Crippen LogP contribution in [0.4, 0.5) is 0 Å². The van der Waals surface area contributed by atoms with Gasteiger partial charge in [0.25, 0.3) is 10.0 Å². The van der Waals surface area contributed by atoms with E-state index in [1.165, 1.54) is 6.07 Å². The Morgan fingerprint density at radius 2 is 2.21 bits per heavy atom. The predicted molar refractivity (Wildman–Crippen MR) is 70.2 cm³/mol. The van der Waals surface area contributed by atoms with E-state index in [0.717, 1.165) is 12.8 Å². The molecule has 1 saturated carbocycles. The minimum atomic E-state index is -3.57. The molecule has 0 bridgehead atoms. The Kier molecular flexibility index (Phi) is 4.62. The quantitative estimate of drug-likeness (QED) is 0.811. The monoisotopic (exact) mass is 288 g/mol. The number of ether oxygens (including phenoxy) is 1. The molecule has 0 spiro atoms. The molecular formula is C12H20N2O4S. The minimum Gasteiger partial charge on any atom is -0.447 e. The minimum absolute atomic E-state index is 0.0291. The number of hydrogen-bond donors (Lipinski definition) is 2. The van der Waals surface area contributed by atoms with Crippen molar-refractivity contribution in [3.05, 3.63) is 17.9 Å². The Balaban J connectivity index is 2.01. The van der Waals surface area contributed by atoms with Gasteiger partial charge in [-0.3, -0.25) is 0 Å². The molecule has 0 amide bonds. The van der Waals surface area contributed by atoms with Gasteiger partial charge < -0.3 is 14.5 Å². The van der Waals surface area contributed by atoms with Crippen LogP contribution in [0.2, 0.25) is 0 Å². The van der Waals surface area contributed by atoms with Crippen LogP contribution in [0.1, 0.15) is 25.0 Å². The number of sulfonamides is 1. The van der Waals surface area contributed by atoms with E-state index in [-0.39, 0.29) is 17.2 Å². The summed E-state index contributed by atoms with van der Waals surface area (Å²) in [5.41, 5.74) is 0. The van der Waals surface area contributed by atoms with Gasteiger partial charge in [-0.1, -0.05) is 0 Å². The molecule has 1 heterocycles. The fourth-order valence-electron chi connectivity index (χ4n) is 2.31. The van der Waals surface area contributed by atoms with Crippen LogP contribution in [0.15, 0.2) is 21.6 Å². The highest BCUT2D eigenvalue weighted by atomic mass is 32.2. The van der Waals surface area contributed by atoms with Gasteiger partial charge in [0, 0.05) is 13.2 Å². The van der Waals surface area contributed by atoms with Crippen molar-refractivity contribution >= 4 is 10.0 Å². The van der Waals surface area contributed by atoms with Crippen LogP contribution < -0.4 is 10.0 Å². The van der Waals surface area contributed by atoms with Gasteiger partial charge in [0.1, 0.15) is 5.76 Å². The van der Waals surface area contributed by atoms with Crippen LogP contribution in [0, 0.1) is 0 Å². The summed E-state index contributed by atoms with van der Waals surface area (Å²) in [7, 11) is -0.146. The van der Waals surface area contributed by atoms with Gasteiger partial charge in [-0.25, -0.2) is 13.1 Å². The van der Waals surface area contributed by atoms with Crippen molar-refractivity contribution in [3.8, 4) is 0 Å². The number of methoxy groups -OCH3 is 1. The third-order valence-corrected chi connectivity index (χ3v) is 4.69. The van der Waals surface area contributed by atoms with Gasteiger partial charge in [-0.15, -0.1) is 0 Å². The van der Waals surface area contributed by atoms with Crippen molar-refractivity contribution in [2.75, 3.05) is 14.2 Å². The SMILES string of the molecule is CNCc1ccc(S(=O)(=O)NC2CCC(OC)C2)o1. The molecule has 0 saturated heterocycles. The third-order valence-electron chi connectivity index (χ3n) is 3.29. The normalized spacial score (nSPS) is 23.9. The van der Waals surface area contributed by atoms with Crippen molar-refractivity contribution in [3.63, 3.8) is 0 Å². The molecule has 0 aliphatic heterocycles. The van der Waals surface area contributed by atoms with E-state index in [1.807, 2.05) is 0 Å². The molecule has 1 aliphatic carbocycles. The lowest BCUT2D eigenvalue weighted by Crippen LogP contribution is -2.33. The molecular weight excluding hydrogens is 268 g/mol. The molecule has 6 nitrogen and oxygen atoms in total. The second-order valence-corrected chi connectivity index (χ2v) is 6.38. The lowest BCUT2D eigenvalue weighted by atomic mass is 10.3. The smallest absolute Gasteiger partial charge is 0.274 e. The lowest BCUT2D eigenvalue weighted by Gasteiger charge is -2.11. The second-order valence-electron chi connectivity index (χ2n) is 4.74. The molecule has 1 fully saturated rings. The molecule has 2 unspecified atom stereocenters. The molecule has 1 aromatic rings. The number of rotatable bonds is 6. The summed E-state index contributed by atoms with van der Waals surface area (Å²) < 4.78 is 37.5. The molecule has 2 atom stereocenters. The summed E-state index contributed by atoms with van der Waals surface area (Å²) in [4.78, 5) is 0. The third kappa shape index (κ3) is 3.56. The summed E-state index contributed by atoms with van der Waals surface area (Å²) >= 11 is 0. The Labute approximate surface area is 113 Å². The van der Waals surface area contributed by atoms with Crippen LogP contribution in [-0.4, -0.2) is 34.7 Å². The van der Waals surface area contributed by atoms with E-state index in [0.29, 0.717) is 18.7 Å². The highest BCUT2D eigenvalue weighted by Crippen LogP contribution is 2.23. The van der Waals surface area contributed by atoms with E-state index in [4.69, 9.17) is 9.15 Å². The highest BCUT2D eigenvalue weighted by molar-refractivity contribution is 7.89. The van der Waals surface area contributed by atoms with Crippen LogP contribution in [0.25, 0.3) is 0 Å². The molecule has 0 radical (unpaired) electrons. The molecule has 2 N–H and O–H groups in total. The first kappa shape index (κ1) is 14.5. The summed E-state index contributed by atoms with van der Waals surface area (Å²) in [6.45, 7) is 0.505. The average Bonchev–Trinajstić information content (AvgIpc) is 2.98. The fourth-order valence-corrected chi connectivity index (χ4v) is 3.54. The van der Waals surface area contributed by atoms with E-state index in [9.17, 15) is 8.42 Å². The first-order chi connectivity index (χ1) is 9.05. The Morgan fingerprint density at radius 3 is 2.84 bits per heavy atom. The predicted octanol–water partition coefficient (Wildman–Crippen LogP) is 0.845. The summed E-state index contributed by atoms with van der Waals surface area (Å²) in [5.74, 6) is 0.601. The van der Waals surface area contributed by atoms with Gasteiger partial charge in [0.15, 0.2) is 0 Å². The van der Waals surface area contributed by atoms with E-state index >= 15 is 0 Å². The molecule has 2 rings (SSSR count). The first-order valence-electron chi connectivity index (χ1n) is 6.33. The van der Waals surface area contributed by atoms with E-state index in [2.05, 4.69) is 10.0 Å². The summed E-state index contributed by atoms with van der Waals surface area (Å²) in [5, 5.41) is 2.88. The fraction of sp³-hybridized carbons (Fsp3) is 0.667. The maximum Gasteiger partial charge on any atom is 0.274 e. The molecule has 7 heteroatoms. The van der Waals surface area contributed by atoms with Crippen molar-refractivity contribution in [1.29, 1.82) is 0 Å². The van der Waals surface area contributed by atoms with Crippen molar-refractivity contribution in [2.45, 2.75) is 43.0 Å². The largest absolute Gasteiger partial charge is 0.447 e. The van der Waals surface area contributed by atoms with Gasteiger partial charge in [0.2, 0.25) is 5.09 Å². The topological polar surface area (TPSA) is 80.6 Å². The van der Waals surface area contributed by atoms with Crippen LogP contribution in [0.3, 0.4) is 0 Å². The zero-order valence-corrected chi connectivity index (χ0v) is 12.0. The Morgan fingerprint density at radius 1 is 1.42 bits per heavy atom. The van der Waals surface area contributed by atoms with Gasteiger partial charge in [-0.2, -0.15) is 0 Å². The van der Waals surface area contributed by atoms with Gasteiger partial charge in [-0.05, 0) is 38.4 Å². The van der Waals surface area contributed by atoms with Crippen molar-refractivity contribution < 1.29 is 17.6 Å². The molecule has 1 aromatic heterocycles. The van der Waals surface area contributed by atoms with Crippen LogP contribution in [-0.2, 0) is 21.3 Å². The summed E-state index contributed by atoms with van der Waals surface area (Å²) in [6, 6.07) is 3.07. The first-order valence-corrected chi connectivity index (χ1v) is 7.82. The number of furan rings is 1. The Bertz CT molecular complexity index is 512. The molecule has 1 aliphatic rings. The van der Waals surface area contributed by atoms with Crippen LogP contribution in [0.5, 0.6) is 0 Å². The number of nitrogens with one attached hydrogen (secondary N) is 2.